The molecule has 1 aromatic rings. The van der Waals surface area contributed by atoms with Crippen LogP contribution in [0.5, 0.6) is 0 Å². The van der Waals surface area contributed by atoms with Crippen LogP contribution in [0.3, 0.4) is 0 Å². The largest absolute Gasteiger partial charge is 0.377 e. The predicted molar refractivity (Wildman–Crippen MR) is 119 cm³/mol. The molecule has 1 aliphatic rings. The van der Waals surface area contributed by atoms with Crippen LogP contribution in [-0.4, -0.2) is 62.8 Å². The summed E-state index contributed by atoms with van der Waals surface area (Å²) in [4.78, 5) is 6.83. The molecule has 0 amide bonds. The Labute approximate surface area is 180 Å². The minimum atomic E-state index is -0.318. The lowest BCUT2D eigenvalue weighted by Crippen LogP contribution is -2.50. The van der Waals surface area contributed by atoms with Crippen molar-refractivity contribution in [2.75, 3.05) is 39.8 Å². The number of piperidine rings is 1. The number of aliphatic imine (C=N–C) groups is 1. The van der Waals surface area contributed by atoms with Crippen molar-refractivity contribution in [3.8, 4) is 0 Å². The van der Waals surface area contributed by atoms with Crippen LogP contribution in [0.25, 0.3) is 0 Å². The Kier molecular flexibility index (Phi) is 9.18. The van der Waals surface area contributed by atoms with Crippen molar-refractivity contribution >= 4 is 17.6 Å². The van der Waals surface area contributed by atoms with Gasteiger partial charge in [0, 0.05) is 49.7 Å². The number of hydrogen-bond donors (Lipinski definition) is 2. The highest BCUT2D eigenvalue weighted by Crippen LogP contribution is 2.29. The van der Waals surface area contributed by atoms with E-state index in [-0.39, 0.29) is 17.3 Å². The van der Waals surface area contributed by atoms with Crippen LogP contribution in [-0.2, 0) is 10.2 Å². The first kappa shape index (κ1) is 23.9. The Morgan fingerprint density at radius 1 is 1.34 bits per heavy atom. The van der Waals surface area contributed by atoms with Gasteiger partial charge in [-0.05, 0) is 44.4 Å². The smallest absolute Gasteiger partial charge is 0.191 e. The van der Waals surface area contributed by atoms with Gasteiger partial charge < -0.3 is 20.3 Å². The highest BCUT2D eigenvalue weighted by Gasteiger charge is 2.25. The molecule has 2 rings (SSSR count). The van der Waals surface area contributed by atoms with E-state index in [2.05, 4.69) is 48.2 Å². The minimum absolute atomic E-state index is 0.262. The molecule has 7 heteroatoms. The fourth-order valence-corrected chi connectivity index (χ4v) is 3.97. The zero-order valence-electron chi connectivity index (χ0n) is 18.4. The van der Waals surface area contributed by atoms with E-state index >= 15 is 0 Å². The molecule has 1 fully saturated rings. The van der Waals surface area contributed by atoms with Gasteiger partial charge in [0.2, 0.25) is 0 Å². The lowest BCUT2D eigenvalue weighted by atomic mass is 9.84. The predicted octanol–water partition coefficient (Wildman–Crippen LogP) is 3.81. The van der Waals surface area contributed by atoms with E-state index in [1.807, 2.05) is 0 Å². The van der Waals surface area contributed by atoms with Crippen molar-refractivity contribution in [1.82, 2.24) is 15.5 Å². The fraction of sp³-hybridized carbons (Fsp3) is 0.682. The quantitative estimate of drug-likeness (QED) is 0.490. The van der Waals surface area contributed by atoms with Crippen LogP contribution in [0.2, 0.25) is 5.02 Å². The maximum absolute atomic E-state index is 13.4. The van der Waals surface area contributed by atoms with E-state index in [0.717, 1.165) is 50.6 Å². The van der Waals surface area contributed by atoms with Crippen molar-refractivity contribution in [3.63, 3.8) is 0 Å². The molecule has 0 aliphatic carbocycles. The molecular formula is C22H36ClFN4O. The monoisotopic (exact) mass is 426 g/mol. The second kappa shape index (κ2) is 11.1. The topological polar surface area (TPSA) is 48.9 Å². The normalized spacial score (nSPS) is 17.0. The van der Waals surface area contributed by atoms with E-state index in [9.17, 15) is 4.39 Å². The number of ether oxygens (including phenoxy) is 1. The first-order valence-electron chi connectivity index (χ1n) is 10.5. The summed E-state index contributed by atoms with van der Waals surface area (Å²) in [5.41, 5.74) is 0.655. The van der Waals surface area contributed by atoms with Crippen LogP contribution < -0.4 is 10.6 Å². The van der Waals surface area contributed by atoms with Crippen molar-refractivity contribution in [2.24, 2.45) is 4.99 Å². The number of likely N-dealkylation sites (tertiary alicyclic amines) is 1. The van der Waals surface area contributed by atoms with Crippen LogP contribution in [0.4, 0.5) is 4.39 Å². The van der Waals surface area contributed by atoms with Gasteiger partial charge in [-0.2, -0.15) is 0 Å². The van der Waals surface area contributed by atoms with Gasteiger partial charge in [0.1, 0.15) is 5.82 Å². The van der Waals surface area contributed by atoms with E-state index in [0.29, 0.717) is 17.6 Å². The molecular weight excluding hydrogens is 391 g/mol. The van der Waals surface area contributed by atoms with Gasteiger partial charge in [0.25, 0.3) is 0 Å². The van der Waals surface area contributed by atoms with E-state index in [4.69, 9.17) is 16.3 Å². The van der Waals surface area contributed by atoms with Crippen LogP contribution >= 0.6 is 11.6 Å². The molecule has 164 valence electrons. The van der Waals surface area contributed by atoms with Gasteiger partial charge in [0.15, 0.2) is 5.96 Å². The molecule has 0 unspecified atom stereocenters. The molecule has 2 N–H and O–H groups in total. The highest BCUT2D eigenvalue weighted by molar-refractivity contribution is 6.31. The first-order valence-corrected chi connectivity index (χ1v) is 10.9. The van der Waals surface area contributed by atoms with E-state index in [1.54, 1.807) is 13.1 Å². The lowest BCUT2D eigenvalue weighted by molar-refractivity contribution is 0.0532. The molecule has 1 aromatic carbocycles. The Hall–Kier alpha value is -1.37. The minimum Gasteiger partial charge on any atom is -0.377 e. The Morgan fingerprint density at radius 2 is 2.03 bits per heavy atom. The molecule has 1 saturated heterocycles. The summed E-state index contributed by atoms with van der Waals surface area (Å²) in [5.74, 6) is 0.472. The van der Waals surface area contributed by atoms with Gasteiger partial charge in [-0.3, -0.25) is 4.99 Å². The number of halogens is 2. The number of nitrogens with zero attached hydrogens (tertiary/aromatic N) is 2. The number of rotatable bonds is 8. The molecule has 0 radical (unpaired) electrons. The lowest BCUT2D eigenvalue weighted by Gasteiger charge is -2.34. The second-order valence-electron chi connectivity index (χ2n) is 8.61. The average molecular weight is 427 g/mol. The number of hydrogen-bond acceptors (Lipinski definition) is 3. The van der Waals surface area contributed by atoms with Crippen LogP contribution in [0.15, 0.2) is 23.2 Å². The zero-order chi connectivity index (χ0) is 21.4. The molecule has 0 aromatic heterocycles. The van der Waals surface area contributed by atoms with Gasteiger partial charge in [-0.1, -0.05) is 31.5 Å². The second-order valence-corrected chi connectivity index (χ2v) is 9.02. The van der Waals surface area contributed by atoms with Crippen LogP contribution in [0.1, 0.15) is 46.1 Å². The maximum atomic E-state index is 13.4. The summed E-state index contributed by atoms with van der Waals surface area (Å²) in [6, 6.07) is 4.98. The third-order valence-electron chi connectivity index (χ3n) is 5.37. The first-order chi connectivity index (χ1) is 13.7. The third-order valence-corrected chi connectivity index (χ3v) is 5.68. The fourth-order valence-electron chi connectivity index (χ4n) is 3.54. The van der Waals surface area contributed by atoms with Crippen LogP contribution in [0, 0.1) is 5.82 Å². The van der Waals surface area contributed by atoms with E-state index < -0.39 is 0 Å². The average Bonchev–Trinajstić information content (AvgIpc) is 2.65. The molecule has 0 atom stereocenters. The zero-order valence-corrected chi connectivity index (χ0v) is 19.2. The van der Waals surface area contributed by atoms with E-state index in [1.165, 1.54) is 12.1 Å². The summed E-state index contributed by atoms with van der Waals surface area (Å²) in [5, 5.41) is 7.40. The molecule has 1 heterocycles. The van der Waals surface area contributed by atoms with Gasteiger partial charge in [0.05, 0.1) is 12.7 Å². The molecule has 0 saturated carbocycles. The van der Waals surface area contributed by atoms with Gasteiger partial charge in [-0.15, -0.1) is 0 Å². The Bertz CT molecular complexity index is 673. The molecule has 29 heavy (non-hydrogen) atoms. The number of benzene rings is 1. The standard InChI is InChI=1S/C22H36ClFN4O/c1-16(2)29-13-12-28-10-8-18(9-11-28)27-21(25-5)26-15-22(3,4)19-7-6-17(24)14-20(19)23/h6-7,14,16,18H,8-13,15H2,1-5H3,(H2,25,26,27). The van der Waals surface area contributed by atoms with Crippen molar-refractivity contribution in [1.29, 1.82) is 0 Å². The molecule has 1 aliphatic heterocycles. The van der Waals surface area contributed by atoms with Crippen molar-refractivity contribution in [2.45, 2.75) is 58.1 Å². The SMILES string of the molecule is CN=C(NCC(C)(C)c1ccc(F)cc1Cl)NC1CCN(CCOC(C)C)CC1. The van der Waals surface area contributed by atoms with Gasteiger partial charge >= 0.3 is 0 Å². The highest BCUT2D eigenvalue weighted by atomic mass is 35.5. The number of guanidine groups is 1. The molecule has 5 nitrogen and oxygen atoms in total. The number of nitrogens with one attached hydrogen (secondary N) is 2. The maximum Gasteiger partial charge on any atom is 0.191 e. The summed E-state index contributed by atoms with van der Waals surface area (Å²) in [6.45, 7) is 12.9. The van der Waals surface area contributed by atoms with Gasteiger partial charge in [-0.25, -0.2) is 4.39 Å². The summed E-state index contributed by atoms with van der Waals surface area (Å²) < 4.78 is 19.0. The Balaban J connectivity index is 1.79. The molecule has 0 bridgehead atoms. The van der Waals surface area contributed by atoms with Crippen molar-refractivity contribution in [3.05, 3.63) is 34.6 Å². The summed E-state index contributed by atoms with van der Waals surface area (Å²) >= 11 is 6.26. The van der Waals surface area contributed by atoms with Crippen molar-refractivity contribution < 1.29 is 9.13 Å². The molecule has 0 spiro atoms. The Morgan fingerprint density at radius 3 is 2.62 bits per heavy atom. The third kappa shape index (κ3) is 7.76. The summed E-state index contributed by atoms with van der Waals surface area (Å²) in [6.07, 6.45) is 2.45. The summed E-state index contributed by atoms with van der Waals surface area (Å²) in [7, 11) is 1.78.